The Morgan fingerprint density at radius 1 is 1.07 bits per heavy atom. The summed E-state index contributed by atoms with van der Waals surface area (Å²) in [5.74, 6) is -0.246. The fourth-order valence-electron chi connectivity index (χ4n) is 2.94. The Kier molecular flexibility index (Phi) is 5.37. The molecule has 0 fully saturated rings. The Hall–Kier alpha value is -2.94. The Balaban J connectivity index is 2.03. The molecule has 6 nitrogen and oxygen atoms in total. The maximum Gasteiger partial charge on any atom is 0.387 e. The second-order valence-corrected chi connectivity index (χ2v) is 7.85. The van der Waals surface area contributed by atoms with Crippen molar-refractivity contribution >= 4 is 15.7 Å². The SMILES string of the molecule is Cc1ccc(NS(=O)(=O)c2c(C)nn(-c3ccccc3)c2C)c(OC(F)F)c1. The van der Waals surface area contributed by atoms with Gasteiger partial charge in [-0.2, -0.15) is 13.9 Å². The van der Waals surface area contributed by atoms with E-state index in [1.54, 1.807) is 39.0 Å². The number of hydrogen-bond acceptors (Lipinski definition) is 4. The van der Waals surface area contributed by atoms with Gasteiger partial charge < -0.3 is 4.74 Å². The monoisotopic (exact) mass is 407 g/mol. The van der Waals surface area contributed by atoms with Gasteiger partial charge in [0.15, 0.2) is 0 Å². The quantitative estimate of drug-likeness (QED) is 0.665. The van der Waals surface area contributed by atoms with Gasteiger partial charge in [-0.1, -0.05) is 24.3 Å². The van der Waals surface area contributed by atoms with Crippen molar-refractivity contribution < 1.29 is 21.9 Å². The molecule has 28 heavy (non-hydrogen) atoms. The predicted molar refractivity (Wildman–Crippen MR) is 102 cm³/mol. The fourth-order valence-corrected chi connectivity index (χ4v) is 4.41. The summed E-state index contributed by atoms with van der Waals surface area (Å²) in [6.07, 6.45) is 0. The molecular weight excluding hydrogens is 388 g/mol. The van der Waals surface area contributed by atoms with Gasteiger partial charge in [-0.25, -0.2) is 13.1 Å². The van der Waals surface area contributed by atoms with E-state index in [0.717, 1.165) is 0 Å². The summed E-state index contributed by atoms with van der Waals surface area (Å²) < 4.78 is 59.7. The average Bonchev–Trinajstić information content (AvgIpc) is 2.92. The van der Waals surface area contributed by atoms with E-state index in [0.29, 0.717) is 16.9 Å². The van der Waals surface area contributed by atoms with Crippen LogP contribution in [0.5, 0.6) is 5.75 Å². The van der Waals surface area contributed by atoms with Crippen LogP contribution in [0.4, 0.5) is 14.5 Å². The second kappa shape index (κ2) is 7.59. The molecule has 2 aromatic carbocycles. The molecule has 0 aliphatic rings. The van der Waals surface area contributed by atoms with Crippen molar-refractivity contribution in [2.75, 3.05) is 4.72 Å². The highest BCUT2D eigenvalue weighted by atomic mass is 32.2. The molecule has 0 aliphatic heterocycles. The minimum absolute atomic E-state index is 0.0140. The van der Waals surface area contributed by atoms with Crippen molar-refractivity contribution in [3.63, 3.8) is 0 Å². The molecule has 0 saturated heterocycles. The van der Waals surface area contributed by atoms with Crippen LogP contribution < -0.4 is 9.46 Å². The number of rotatable bonds is 6. The summed E-state index contributed by atoms with van der Waals surface area (Å²) in [5.41, 5.74) is 1.98. The van der Waals surface area contributed by atoms with Crippen LogP contribution in [-0.2, 0) is 10.0 Å². The molecule has 1 N–H and O–H groups in total. The summed E-state index contributed by atoms with van der Waals surface area (Å²) in [6, 6.07) is 13.4. The van der Waals surface area contributed by atoms with Crippen LogP contribution in [0.25, 0.3) is 5.69 Å². The number of nitrogens with one attached hydrogen (secondary N) is 1. The fraction of sp³-hybridized carbons (Fsp3) is 0.211. The van der Waals surface area contributed by atoms with Crippen LogP contribution >= 0.6 is 0 Å². The standard InChI is InChI=1S/C19H19F2N3O3S/c1-12-9-10-16(17(11-12)27-19(20)21)23-28(25,26)18-13(2)22-24(14(18)3)15-7-5-4-6-8-15/h4-11,19,23H,1-3H3. The van der Waals surface area contributed by atoms with E-state index in [4.69, 9.17) is 0 Å². The van der Waals surface area contributed by atoms with Gasteiger partial charge in [-0.05, 0) is 50.6 Å². The van der Waals surface area contributed by atoms with Crippen LogP contribution in [-0.4, -0.2) is 24.8 Å². The number of nitrogens with zero attached hydrogens (tertiary/aromatic N) is 2. The summed E-state index contributed by atoms with van der Waals surface area (Å²) in [6.45, 7) is 1.82. The lowest BCUT2D eigenvalue weighted by Crippen LogP contribution is -2.16. The van der Waals surface area contributed by atoms with E-state index in [9.17, 15) is 17.2 Å². The molecular formula is C19H19F2N3O3S. The van der Waals surface area contributed by atoms with Gasteiger partial charge >= 0.3 is 6.61 Å². The highest BCUT2D eigenvalue weighted by Gasteiger charge is 2.26. The Bertz CT molecular complexity index is 1100. The summed E-state index contributed by atoms with van der Waals surface area (Å²) in [4.78, 5) is -0.0140. The number of sulfonamides is 1. The molecule has 0 spiro atoms. The maximum atomic E-state index is 13.0. The third-order valence-electron chi connectivity index (χ3n) is 4.09. The zero-order valence-corrected chi connectivity index (χ0v) is 16.3. The van der Waals surface area contributed by atoms with E-state index >= 15 is 0 Å². The van der Waals surface area contributed by atoms with Crippen LogP contribution in [0.15, 0.2) is 53.4 Å². The lowest BCUT2D eigenvalue weighted by atomic mass is 10.2. The average molecular weight is 407 g/mol. The smallest absolute Gasteiger partial charge is 0.387 e. The van der Waals surface area contributed by atoms with Crippen LogP contribution in [0.3, 0.4) is 0 Å². The first-order valence-electron chi connectivity index (χ1n) is 8.39. The Morgan fingerprint density at radius 2 is 1.75 bits per heavy atom. The molecule has 0 atom stereocenters. The normalized spacial score (nSPS) is 11.6. The molecule has 148 valence electrons. The van der Waals surface area contributed by atoms with Crippen molar-refractivity contribution in [1.29, 1.82) is 0 Å². The van der Waals surface area contributed by atoms with Crippen molar-refractivity contribution in [2.45, 2.75) is 32.3 Å². The van der Waals surface area contributed by atoms with Gasteiger partial charge in [-0.3, -0.25) is 4.72 Å². The first kappa shape index (κ1) is 19.8. The van der Waals surface area contributed by atoms with Gasteiger partial charge in [-0.15, -0.1) is 0 Å². The van der Waals surface area contributed by atoms with Gasteiger partial charge in [0.25, 0.3) is 10.0 Å². The van der Waals surface area contributed by atoms with E-state index in [1.807, 2.05) is 18.2 Å². The second-order valence-electron chi connectivity index (χ2n) is 6.23. The van der Waals surface area contributed by atoms with E-state index in [1.165, 1.54) is 16.8 Å². The number of ether oxygens (including phenoxy) is 1. The lowest BCUT2D eigenvalue weighted by Gasteiger charge is -2.14. The van der Waals surface area contributed by atoms with Crippen LogP contribution in [0.2, 0.25) is 0 Å². The first-order valence-corrected chi connectivity index (χ1v) is 9.87. The van der Waals surface area contributed by atoms with E-state index in [-0.39, 0.29) is 22.0 Å². The van der Waals surface area contributed by atoms with Crippen molar-refractivity contribution in [1.82, 2.24) is 9.78 Å². The van der Waals surface area contributed by atoms with E-state index in [2.05, 4.69) is 14.6 Å². The number of hydrogen-bond donors (Lipinski definition) is 1. The van der Waals surface area contributed by atoms with Crippen molar-refractivity contribution in [2.24, 2.45) is 0 Å². The minimum atomic E-state index is -4.09. The molecule has 1 aromatic heterocycles. The topological polar surface area (TPSA) is 73.2 Å². The Morgan fingerprint density at radius 3 is 2.39 bits per heavy atom. The molecule has 0 unspecified atom stereocenters. The molecule has 0 amide bonds. The van der Waals surface area contributed by atoms with Crippen LogP contribution in [0, 0.1) is 20.8 Å². The number of halogens is 2. The predicted octanol–water partition coefficient (Wildman–Crippen LogP) is 4.20. The summed E-state index contributed by atoms with van der Waals surface area (Å²) in [7, 11) is -4.09. The number of aryl methyl sites for hydroxylation is 2. The number of para-hydroxylation sites is 1. The molecule has 0 saturated carbocycles. The Labute approximate surface area is 161 Å². The van der Waals surface area contributed by atoms with Crippen molar-refractivity contribution in [3.05, 3.63) is 65.5 Å². The zero-order chi connectivity index (χ0) is 20.5. The molecule has 3 aromatic rings. The van der Waals surface area contributed by atoms with Gasteiger partial charge in [0.05, 0.1) is 22.8 Å². The summed E-state index contributed by atoms with van der Waals surface area (Å²) >= 11 is 0. The van der Waals surface area contributed by atoms with Gasteiger partial charge in [0.2, 0.25) is 0 Å². The number of aromatic nitrogens is 2. The van der Waals surface area contributed by atoms with Gasteiger partial charge in [0.1, 0.15) is 10.6 Å². The number of anilines is 1. The molecule has 0 bridgehead atoms. The number of benzene rings is 2. The molecule has 0 aliphatic carbocycles. The summed E-state index contributed by atoms with van der Waals surface area (Å²) in [5, 5.41) is 4.32. The zero-order valence-electron chi connectivity index (χ0n) is 15.5. The third kappa shape index (κ3) is 3.99. The molecule has 9 heteroatoms. The maximum absolute atomic E-state index is 13.0. The highest BCUT2D eigenvalue weighted by Crippen LogP contribution is 2.31. The largest absolute Gasteiger partial charge is 0.433 e. The number of alkyl halides is 2. The lowest BCUT2D eigenvalue weighted by molar-refractivity contribution is -0.0493. The first-order chi connectivity index (χ1) is 13.2. The highest BCUT2D eigenvalue weighted by molar-refractivity contribution is 7.92. The van der Waals surface area contributed by atoms with Gasteiger partial charge in [0, 0.05) is 0 Å². The van der Waals surface area contributed by atoms with E-state index < -0.39 is 16.6 Å². The molecule has 1 heterocycles. The molecule has 0 radical (unpaired) electrons. The van der Waals surface area contributed by atoms with Crippen LogP contribution in [0.1, 0.15) is 17.0 Å². The minimum Gasteiger partial charge on any atom is -0.433 e. The molecule has 3 rings (SSSR count). The van der Waals surface area contributed by atoms with Crippen molar-refractivity contribution in [3.8, 4) is 11.4 Å². The third-order valence-corrected chi connectivity index (χ3v) is 5.71.